The minimum absolute atomic E-state index is 0. The molecule has 1 nitrogen and oxygen atoms in total. The highest BCUT2D eigenvalue weighted by Gasteiger charge is 2.07. The van der Waals surface area contributed by atoms with Crippen molar-refractivity contribution >= 4 is 34.9 Å². The summed E-state index contributed by atoms with van der Waals surface area (Å²) in [5, 5.41) is 1.92. The van der Waals surface area contributed by atoms with Gasteiger partial charge in [0.05, 0.1) is 11.2 Å². The molecular weight excluding hydrogens is 277 g/mol. The lowest BCUT2D eigenvalue weighted by atomic mass is 10.1. The van der Waals surface area contributed by atoms with E-state index < -0.39 is 0 Å². The topological polar surface area (TPSA) is 12.9 Å². The first kappa shape index (κ1) is 13.9. The Morgan fingerprint density at radius 1 is 0.947 bits per heavy atom. The van der Waals surface area contributed by atoms with E-state index in [-0.39, 0.29) is 12.4 Å². The van der Waals surface area contributed by atoms with E-state index in [0.717, 1.165) is 21.8 Å². The summed E-state index contributed by atoms with van der Waals surface area (Å²) in [6.07, 6.45) is 0. The maximum Gasteiger partial charge on any atom is 0.0727 e. The SMILES string of the molecule is Cc1cc(-c2ccccc2Cl)nc2ccccc12.Cl. The van der Waals surface area contributed by atoms with Gasteiger partial charge in [-0.1, -0.05) is 48.0 Å². The summed E-state index contributed by atoms with van der Waals surface area (Å²) in [6.45, 7) is 2.10. The number of pyridine rings is 1. The summed E-state index contributed by atoms with van der Waals surface area (Å²) in [5.74, 6) is 0. The minimum Gasteiger partial charge on any atom is -0.248 e. The van der Waals surface area contributed by atoms with Gasteiger partial charge in [-0.2, -0.15) is 0 Å². The molecule has 0 radical (unpaired) electrons. The quantitative estimate of drug-likeness (QED) is 0.593. The third kappa shape index (κ3) is 2.58. The first-order chi connectivity index (χ1) is 8.75. The highest BCUT2D eigenvalue weighted by molar-refractivity contribution is 6.33. The van der Waals surface area contributed by atoms with Crippen LogP contribution in [0.15, 0.2) is 54.6 Å². The summed E-state index contributed by atoms with van der Waals surface area (Å²) in [4.78, 5) is 4.68. The molecule has 0 saturated carbocycles. The predicted octanol–water partition coefficient (Wildman–Crippen LogP) is 5.29. The van der Waals surface area contributed by atoms with Crippen LogP contribution in [0.4, 0.5) is 0 Å². The van der Waals surface area contributed by atoms with Crippen molar-refractivity contribution < 1.29 is 0 Å². The van der Waals surface area contributed by atoms with Gasteiger partial charge in [0.2, 0.25) is 0 Å². The van der Waals surface area contributed by atoms with Crippen LogP contribution in [0.2, 0.25) is 5.02 Å². The van der Waals surface area contributed by atoms with Crippen molar-refractivity contribution in [1.82, 2.24) is 4.98 Å². The Labute approximate surface area is 123 Å². The molecule has 3 rings (SSSR count). The summed E-state index contributed by atoms with van der Waals surface area (Å²) in [6, 6.07) is 18.0. The zero-order chi connectivity index (χ0) is 12.5. The fourth-order valence-electron chi connectivity index (χ4n) is 2.16. The molecule has 0 aliphatic carbocycles. The molecule has 3 aromatic rings. The average Bonchev–Trinajstić information content (AvgIpc) is 2.39. The molecule has 1 aromatic heterocycles. The van der Waals surface area contributed by atoms with Crippen LogP contribution in [0.3, 0.4) is 0 Å². The van der Waals surface area contributed by atoms with E-state index in [4.69, 9.17) is 11.6 Å². The molecule has 0 spiro atoms. The molecule has 2 aromatic carbocycles. The van der Waals surface area contributed by atoms with Crippen LogP contribution in [0.25, 0.3) is 22.2 Å². The monoisotopic (exact) mass is 289 g/mol. The van der Waals surface area contributed by atoms with Crippen LogP contribution < -0.4 is 0 Å². The number of hydrogen-bond donors (Lipinski definition) is 0. The van der Waals surface area contributed by atoms with Crippen LogP contribution in [-0.4, -0.2) is 4.98 Å². The van der Waals surface area contributed by atoms with E-state index in [1.54, 1.807) is 0 Å². The number of hydrogen-bond acceptors (Lipinski definition) is 1. The first-order valence-corrected chi connectivity index (χ1v) is 6.25. The molecule has 0 unspecified atom stereocenters. The van der Waals surface area contributed by atoms with Crippen LogP contribution in [0.5, 0.6) is 0 Å². The Morgan fingerprint density at radius 2 is 1.63 bits per heavy atom. The third-order valence-electron chi connectivity index (χ3n) is 3.07. The van der Waals surface area contributed by atoms with Gasteiger partial charge in [0.1, 0.15) is 0 Å². The van der Waals surface area contributed by atoms with Crippen molar-refractivity contribution in [2.24, 2.45) is 0 Å². The second-order valence-electron chi connectivity index (χ2n) is 4.32. The van der Waals surface area contributed by atoms with Crippen molar-refractivity contribution in [3.63, 3.8) is 0 Å². The van der Waals surface area contributed by atoms with E-state index in [1.807, 2.05) is 42.5 Å². The summed E-state index contributed by atoms with van der Waals surface area (Å²) in [5.41, 5.74) is 4.13. The lowest BCUT2D eigenvalue weighted by molar-refractivity contribution is 1.36. The van der Waals surface area contributed by atoms with Crippen molar-refractivity contribution in [3.05, 3.63) is 65.2 Å². The normalized spacial score (nSPS) is 10.2. The summed E-state index contributed by atoms with van der Waals surface area (Å²) in [7, 11) is 0. The molecular formula is C16H13Cl2N. The highest BCUT2D eigenvalue weighted by Crippen LogP contribution is 2.29. The Bertz CT molecular complexity index is 723. The maximum absolute atomic E-state index is 6.22. The van der Waals surface area contributed by atoms with Gasteiger partial charge < -0.3 is 0 Å². The van der Waals surface area contributed by atoms with Gasteiger partial charge >= 0.3 is 0 Å². The van der Waals surface area contributed by atoms with Crippen LogP contribution in [0.1, 0.15) is 5.56 Å². The predicted molar refractivity (Wildman–Crippen MR) is 84.2 cm³/mol. The van der Waals surface area contributed by atoms with Gasteiger partial charge in [-0.05, 0) is 30.7 Å². The second kappa shape index (κ2) is 5.60. The molecule has 96 valence electrons. The average molecular weight is 290 g/mol. The molecule has 3 heteroatoms. The molecule has 19 heavy (non-hydrogen) atoms. The molecule has 0 fully saturated rings. The molecule has 1 heterocycles. The second-order valence-corrected chi connectivity index (χ2v) is 4.73. The van der Waals surface area contributed by atoms with Crippen molar-refractivity contribution in [2.75, 3.05) is 0 Å². The number of aryl methyl sites for hydroxylation is 1. The number of halogens is 2. The van der Waals surface area contributed by atoms with Crippen molar-refractivity contribution in [2.45, 2.75) is 6.92 Å². The molecule has 0 N–H and O–H groups in total. The lowest BCUT2D eigenvalue weighted by Crippen LogP contribution is -1.89. The van der Waals surface area contributed by atoms with Gasteiger partial charge in [-0.25, -0.2) is 4.98 Å². The maximum atomic E-state index is 6.22. The highest BCUT2D eigenvalue weighted by atomic mass is 35.5. The van der Waals surface area contributed by atoms with E-state index in [0.29, 0.717) is 0 Å². The summed E-state index contributed by atoms with van der Waals surface area (Å²) < 4.78 is 0. The molecule has 0 aliphatic rings. The van der Waals surface area contributed by atoms with E-state index in [1.165, 1.54) is 10.9 Å². The summed E-state index contributed by atoms with van der Waals surface area (Å²) >= 11 is 6.22. The van der Waals surface area contributed by atoms with Gasteiger partial charge in [0, 0.05) is 16.0 Å². The number of rotatable bonds is 1. The van der Waals surface area contributed by atoms with Gasteiger partial charge in [0.25, 0.3) is 0 Å². The smallest absolute Gasteiger partial charge is 0.0727 e. The Hall–Kier alpha value is -1.57. The number of aromatic nitrogens is 1. The Balaban J connectivity index is 0.00000133. The van der Waals surface area contributed by atoms with Gasteiger partial charge in [0.15, 0.2) is 0 Å². The van der Waals surface area contributed by atoms with Gasteiger partial charge in [-0.3, -0.25) is 0 Å². The fraction of sp³-hybridized carbons (Fsp3) is 0.0625. The first-order valence-electron chi connectivity index (χ1n) is 5.87. The molecule has 0 atom stereocenters. The molecule has 0 amide bonds. The number of benzene rings is 2. The largest absolute Gasteiger partial charge is 0.248 e. The van der Waals surface area contributed by atoms with E-state index >= 15 is 0 Å². The van der Waals surface area contributed by atoms with Crippen LogP contribution >= 0.6 is 24.0 Å². The minimum atomic E-state index is 0. The van der Waals surface area contributed by atoms with Crippen molar-refractivity contribution in [3.8, 4) is 11.3 Å². The molecule has 0 saturated heterocycles. The number of nitrogens with zero attached hydrogens (tertiary/aromatic N) is 1. The molecule has 0 bridgehead atoms. The Morgan fingerprint density at radius 3 is 2.42 bits per heavy atom. The van der Waals surface area contributed by atoms with Crippen LogP contribution in [-0.2, 0) is 0 Å². The third-order valence-corrected chi connectivity index (χ3v) is 3.40. The molecule has 0 aliphatic heterocycles. The van der Waals surface area contributed by atoms with E-state index in [2.05, 4.69) is 24.0 Å². The van der Waals surface area contributed by atoms with Crippen LogP contribution in [0, 0.1) is 6.92 Å². The van der Waals surface area contributed by atoms with Crippen molar-refractivity contribution in [1.29, 1.82) is 0 Å². The number of fused-ring (bicyclic) bond motifs is 1. The lowest BCUT2D eigenvalue weighted by Gasteiger charge is -2.07. The van der Waals surface area contributed by atoms with E-state index in [9.17, 15) is 0 Å². The number of para-hydroxylation sites is 1. The van der Waals surface area contributed by atoms with Gasteiger partial charge in [-0.15, -0.1) is 12.4 Å². The Kier molecular flexibility index (Phi) is 4.08. The zero-order valence-electron chi connectivity index (χ0n) is 10.4. The fourth-order valence-corrected chi connectivity index (χ4v) is 2.39. The standard InChI is InChI=1S/C16H12ClN.ClH/c1-11-10-16(13-7-2-4-8-14(13)17)18-15-9-5-3-6-12(11)15;/h2-10H,1H3;1H. The zero-order valence-corrected chi connectivity index (χ0v) is 12.0.